The van der Waals surface area contributed by atoms with Crippen molar-refractivity contribution in [2.24, 2.45) is 0 Å². The van der Waals surface area contributed by atoms with Crippen LogP contribution in [0.1, 0.15) is 10.4 Å². The summed E-state index contributed by atoms with van der Waals surface area (Å²) in [7, 11) is 0. The van der Waals surface area contributed by atoms with Crippen molar-refractivity contribution in [3.8, 4) is 11.3 Å². The van der Waals surface area contributed by atoms with E-state index in [1.54, 1.807) is 0 Å². The highest BCUT2D eigenvalue weighted by molar-refractivity contribution is 6.00. The molecule has 1 aliphatic heterocycles. The zero-order valence-corrected chi connectivity index (χ0v) is 15.5. The van der Waals surface area contributed by atoms with E-state index in [0.29, 0.717) is 25.1 Å². The maximum Gasteiger partial charge on any atom is 0.256 e. The molecule has 0 atom stereocenters. The third-order valence-corrected chi connectivity index (χ3v) is 5.04. The van der Waals surface area contributed by atoms with Gasteiger partial charge in [-0.1, -0.05) is 36.4 Å². The van der Waals surface area contributed by atoms with Crippen molar-refractivity contribution >= 4 is 23.7 Å². The number of rotatable bonds is 5. The molecule has 1 saturated heterocycles. The Morgan fingerprint density at radius 2 is 1.75 bits per heavy atom. The Balaban J connectivity index is 1.45. The van der Waals surface area contributed by atoms with E-state index < -0.39 is 0 Å². The van der Waals surface area contributed by atoms with Crippen LogP contribution in [0, 0.1) is 0 Å². The second-order valence-electron chi connectivity index (χ2n) is 6.72. The van der Waals surface area contributed by atoms with Crippen molar-refractivity contribution < 1.29 is 9.59 Å². The number of hydrogen-bond donors (Lipinski definition) is 2. The van der Waals surface area contributed by atoms with Crippen LogP contribution in [0.5, 0.6) is 0 Å². The van der Waals surface area contributed by atoms with Crippen LogP contribution < -0.4 is 10.2 Å². The summed E-state index contributed by atoms with van der Waals surface area (Å²) in [6.45, 7) is 2.82. The molecule has 0 spiro atoms. The molecule has 0 unspecified atom stereocenters. The fraction of sp³-hybridized carbons (Fsp3) is 0.182. The summed E-state index contributed by atoms with van der Waals surface area (Å²) < 4.78 is 0. The number of nitrogens with one attached hydrogen (secondary N) is 2. The van der Waals surface area contributed by atoms with Gasteiger partial charge in [-0.15, -0.1) is 0 Å². The SMILES string of the molecule is O=CNc1cccc(N2CCN(C(=O)c3cc[nH]c3-c3ccccc3)CC2)c1. The van der Waals surface area contributed by atoms with Crippen LogP contribution >= 0.6 is 0 Å². The van der Waals surface area contributed by atoms with Crippen LogP contribution in [0.25, 0.3) is 11.3 Å². The predicted octanol–water partition coefficient (Wildman–Crippen LogP) is 3.21. The number of carbonyl (C=O) groups is 2. The van der Waals surface area contributed by atoms with E-state index in [4.69, 9.17) is 0 Å². The molecule has 1 aliphatic rings. The molecule has 6 nitrogen and oxygen atoms in total. The number of benzene rings is 2. The van der Waals surface area contributed by atoms with Crippen molar-refractivity contribution in [3.63, 3.8) is 0 Å². The Kier molecular flexibility index (Phi) is 5.10. The molecule has 0 bridgehead atoms. The van der Waals surface area contributed by atoms with Crippen LogP contribution in [0.2, 0.25) is 0 Å². The van der Waals surface area contributed by atoms with E-state index in [-0.39, 0.29) is 5.91 Å². The zero-order chi connectivity index (χ0) is 19.3. The minimum atomic E-state index is 0.0520. The molecule has 0 radical (unpaired) electrons. The standard InChI is InChI=1S/C22H22N4O2/c27-16-24-18-7-4-8-19(15-18)25-11-13-26(14-12-25)22(28)20-9-10-23-21(20)17-5-2-1-3-6-17/h1-10,15-16,23H,11-14H2,(H,24,27). The van der Waals surface area contributed by atoms with Gasteiger partial charge in [0.25, 0.3) is 5.91 Å². The van der Waals surface area contributed by atoms with Crippen LogP contribution in [-0.2, 0) is 4.79 Å². The van der Waals surface area contributed by atoms with Gasteiger partial charge in [0.1, 0.15) is 0 Å². The molecule has 0 saturated carbocycles. The number of amides is 2. The first-order valence-corrected chi connectivity index (χ1v) is 9.33. The molecule has 142 valence electrons. The number of aromatic amines is 1. The van der Waals surface area contributed by atoms with E-state index in [0.717, 1.165) is 35.7 Å². The van der Waals surface area contributed by atoms with Gasteiger partial charge in [-0.2, -0.15) is 0 Å². The van der Waals surface area contributed by atoms with Gasteiger partial charge in [0.2, 0.25) is 6.41 Å². The highest BCUT2D eigenvalue weighted by Gasteiger charge is 2.25. The lowest BCUT2D eigenvalue weighted by atomic mass is 10.1. The van der Waals surface area contributed by atoms with Gasteiger partial charge in [-0.25, -0.2) is 0 Å². The predicted molar refractivity (Wildman–Crippen MR) is 110 cm³/mol. The summed E-state index contributed by atoms with van der Waals surface area (Å²) in [6, 6.07) is 19.5. The van der Waals surface area contributed by atoms with Crippen LogP contribution in [0.3, 0.4) is 0 Å². The topological polar surface area (TPSA) is 68.4 Å². The minimum absolute atomic E-state index is 0.0520. The Bertz CT molecular complexity index is 959. The smallest absolute Gasteiger partial charge is 0.256 e. The summed E-state index contributed by atoms with van der Waals surface area (Å²) >= 11 is 0. The Morgan fingerprint density at radius 3 is 2.50 bits per heavy atom. The number of piperazine rings is 1. The molecule has 1 aromatic heterocycles. The number of carbonyl (C=O) groups excluding carboxylic acids is 2. The summed E-state index contributed by atoms with van der Waals surface area (Å²) in [5, 5.41) is 2.68. The van der Waals surface area contributed by atoms with Crippen molar-refractivity contribution in [2.75, 3.05) is 36.4 Å². The molecule has 3 aromatic rings. The van der Waals surface area contributed by atoms with Gasteiger partial charge in [0, 0.05) is 43.8 Å². The van der Waals surface area contributed by atoms with Crippen LogP contribution in [0.15, 0.2) is 66.9 Å². The van der Waals surface area contributed by atoms with Crippen molar-refractivity contribution in [1.82, 2.24) is 9.88 Å². The van der Waals surface area contributed by atoms with Gasteiger partial charge in [-0.05, 0) is 29.8 Å². The molecule has 2 amide bonds. The molecule has 2 heterocycles. The first-order chi connectivity index (χ1) is 13.8. The summed E-state index contributed by atoms with van der Waals surface area (Å²) in [4.78, 5) is 31.1. The lowest BCUT2D eigenvalue weighted by Gasteiger charge is -2.36. The van der Waals surface area contributed by atoms with Crippen LogP contribution in [0.4, 0.5) is 11.4 Å². The number of nitrogens with zero attached hydrogens (tertiary/aromatic N) is 2. The van der Waals surface area contributed by atoms with E-state index in [1.165, 1.54) is 0 Å². The van der Waals surface area contributed by atoms with Gasteiger partial charge < -0.3 is 20.1 Å². The van der Waals surface area contributed by atoms with E-state index >= 15 is 0 Å². The Morgan fingerprint density at radius 1 is 0.964 bits per heavy atom. The quantitative estimate of drug-likeness (QED) is 0.674. The monoisotopic (exact) mass is 374 g/mol. The molecule has 1 fully saturated rings. The molecule has 0 aliphatic carbocycles. The number of hydrogen-bond acceptors (Lipinski definition) is 3. The lowest BCUT2D eigenvalue weighted by molar-refractivity contribution is -0.105. The first-order valence-electron chi connectivity index (χ1n) is 9.33. The molecule has 6 heteroatoms. The minimum Gasteiger partial charge on any atom is -0.368 e. The zero-order valence-electron chi connectivity index (χ0n) is 15.5. The summed E-state index contributed by atoms with van der Waals surface area (Å²) in [5.41, 5.74) is 4.39. The maximum atomic E-state index is 13.1. The Labute approximate surface area is 163 Å². The molecular weight excluding hydrogens is 352 g/mol. The van der Waals surface area contributed by atoms with E-state index in [2.05, 4.69) is 15.2 Å². The van der Waals surface area contributed by atoms with Crippen molar-refractivity contribution in [2.45, 2.75) is 0 Å². The highest BCUT2D eigenvalue weighted by Crippen LogP contribution is 2.25. The third kappa shape index (κ3) is 3.62. The first kappa shape index (κ1) is 17.9. The Hall–Kier alpha value is -3.54. The highest BCUT2D eigenvalue weighted by atomic mass is 16.2. The molecule has 28 heavy (non-hydrogen) atoms. The van der Waals surface area contributed by atoms with E-state index in [9.17, 15) is 9.59 Å². The fourth-order valence-corrected chi connectivity index (χ4v) is 3.59. The van der Waals surface area contributed by atoms with Gasteiger partial charge >= 0.3 is 0 Å². The normalized spacial score (nSPS) is 14.0. The fourth-order valence-electron chi connectivity index (χ4n) is 3.59. The molecular formula is C22H22N4O2. The second kappa shape index (κ2) is 8.00. The molecule has 2 aromatic carbocycles. The van der Waals surface area contributed by atoms with Gasteiger partial charge in [0.15, 0.2) is 0 Å². The maximum absolute atomic E-state index is 13.1. The molecule has 4 rings (SSSR count). The van der Waals surface area contributed by atoms with Crippen molar-refractivity contribution in [3.05, 3.63) is 72.4 Å². The number of H-pyrrole nitrogens is 1. The number of anilines is 2. The average molecular weight is 374 g/mol. The average Bonchev–Trinajstić information content (AvgIpc) is 3.24. The van der Waals surface area contributed by atoms with Gasteiger partial charge in [0.05, 0.1) is 11.3 Å². The summed E-state index contributed by atoms with van der Waals surface area (Å²) in [5.74, 6) is 0.0520. The number of aromatic nitrogens is 1. The third-order valence-electron chi connectivity index (χ3n) is 5.04. The molecule has 2 N–H and O–H groups in total. The lowest BCUT2D eigenvalue weighted by Crippen LogP contribution is -2.48. The van der Waals surface area contributed by atoms with Crippen molar-refractivity contribution in [1.29, 1.82) is 0 Å². The van der Waals surface area contributed by atoms with E-state index in [1.807, 2.05) is 71.8 Å². The van der Waals surface area contributed by atoms with Gasteiger partial charge in [-0.3, -0.25) is 9.59 Å². The largest absolute Gasteiger partial charge is 0.368 e. The second-order valence-corrected chi connectivity index (χ2v) is 6.72. The summed E-state index contributed by atoms with van der Waals surface area (Å²) in [6.07, 6.45) is 2.49. The van der Waals surface area contributed by atoms with Crippen LogP contribution in [-0.4, -0.2) is 48.4 Å².